The maximum Gasteiger partial charge on any atom is 0.293 e. The topological polar surface area (TPSA) is 74.3 Å². The number of thioether (sulfide) groups is 1. The minimum atomic E-state index is -0.423. The molecule has 31 heavy (non-hydrogen) atoms. The summed E-state index contributed by atoms with van der Waals surface area (Å²) < 4.78 is 21.5. The number of methoxy groups -OCH3 is 1. The SMILES string of the molecule is CCOc1cc(/C=C2\SC(=O)N(Cc3cc4c(cc3Cl)OCO4)C2=O)cc(Cl)c1OC. The van der Waals surface area contributed by atoms with Crippen molar-refractivity contribution in [1.29, 1.82) is 0 Å². The lowest BCUT2D eigenvalue weighted by molar-refractivity contribution is -0.123. The second-order valence-electron chi connectivity index (χ2n) is 6.53. The summed E-state index contributed by atoms with van der Waals surface area (Å²) in [4.78, 5) is 26.8. The van der Waals surface area contributed by atoms with Crippen molar-refractivity contribution in [3.8, 4) is 23.0 Å². The number of imide groups is 1. The van der Waals surface area contributed by atoms with E-state index < -0.39 is 11.1 Å². The Labute approximate surface area is 192 Å². The number of amides is 2. The molecule has 0 radical (unpaired) electrons. The number of carbonyl (C=O) groups excluding carboxylic acids is 2. The summed E-state index contributed by atoms with van der Waals surface area (Å²) in [5.41, 5.74) is 1.20. The summed E-state index contributed by atoms with van der Waals surface area (Å²) >= 11 is 13.4. The molecule has 0 bridgehead atoms. The molecule has 0 atom stereocenters. The minimum Gasteiger partial charge on any atom is -0.491 e. The fraction of sp³-hybridized carbons (Fsp3) is 0.238. The fourth-order valence-electron chi connectivity index (χ4n) is 3.17. The normalized spacial score (nSPS) is 16.4. The van der Waals surface area contributed by atoms with Gasteiger partial charge in [0.1, 0.15) is 0 Å². The third-order valence-electron chi connectivity index (χ3n) is 4.58. The first-order valence-electron chi connectivity index (χ1n) is 9.25. The average Bonchev–Trinajstić information content (AvgIpc) is 3.27. The molecule has 0 spiro atoms. The molecule has 162 valence electrons. The van der Waals surface area contributed by atoms with Gasteiger partial charge in [0.05, 0.1) is 30.2 Å². The van der Waals surface area contributed by atoms with Crippen LogP contribution in [-0.2, 0) is 11.3 Å². The number of carbonyl (C=O) groups is 2. The molecule has 2 amide bonds. The zero-order valence-electron chi connectivity index (χ0n) is 16.6. The van der Waals surface area contributed by atoms with Gasteiger partial charge in [0.15, 0.2) is 23.0 Å². The number of rotatable bonds is 6. The van der Waals surface area contributed by atoms with Crippen LogP contribution < -0.4 is 18.9 Å². The highest BCUT2D eigenvalue weighted by Crippen LogP contribution is 2.41. The zero-order chi connectivity index (χ0) is 22.1. The van der Waals surface area contributed by atoms with Gasteiger partial charge in [-0.15, -0.1) is 0 Å². The predicted molar refractivity (Wildman–Crippen MR) is 118 cm³/mol. The highest BCUT2D eigenvalue weighted by atomic mass is 35.5. The summed E-state index contributed by atoms with van der Waals surface area (Å²) in [7, 11) is 1.50. The van der Waals surface area contributed by atoms with Crippen molar-refractivity contribution in [2.24, 2.45) is 0 Å². The van der Waals surface area contributed by atoms with Crippen LogP contribution in [0.1, 0.15) is 18.1 Å². The van der Waals surface area contributed by atoms with E-state index in [2.05, 4.69) is 0 Å². The van der Waals surface area contributed by atoms with Crippen LogP contribution in [0.4, 0.5) is 4.79 Å². The van der Waals surface area contributed by atoms with E-state index in [1.807, 2.05) is 6.92 Å². The largest absolute Gasteiger partial charge is 0.491 e. The van der Waals surface area contributed by atoms with Crippen molar-refractivity contribution in [2.75, 3.05) is 20.5 Å². The van der Waals surface area contributed by atoms with Crippen molar-refractivity contribution < 1.29 is 28.5 Å². The fourth-order valence-corrected chi connectivity index (χ4v) is 4.52. The second-order valence-corrected chi connectivity index (χ2v) is 8.34. The Kier molecular flexibility index (Phi) is 6.22. The van der Waals surface area contributed by atoms with E-state index in [0.29, 0.717) is 50.8 Å². The van der Waals surface area contributed by atoms with Gasteiger partial charge in [0.25, 0.3) is 11.1 Å². The van der Waals surface area contributed by atoms with Gasteiger partial charge < -0.3 is 18.9 Å². The van der Waals surface area contributed by atoms with Crippen molar-refractivity contribution in [1.82, 2.24) is 4.90 Å². The molecule has 1 fully saturated rings. The Morgan fingerprint density at radius 1 is 1.13 bits per heavy atom. The number of benzene rings is 2. The number of ether oxygens (including phenoxy) is 4. The molecule has 4 rings (SSSR count). The first-order valence-corrected chi connectivity index (χ1v) is 10.8. The molecule has 2 aliphatic rings. The summed E-state index contributed by atoms with van der Waals surface area (Å²) in [6.45, 7) is 2.38. The third-order valence-corrected chi connectivity index (χ3v) is 6.12. The smallest absolute Gasteiger partial charge is 0.293 e. The number of hydrogen-bond donors (Lipinski definition) is 0. The lowest BCUT2D eigenvalue weighted by atomic mass is 10.1. The van der Waals surface area contributed by atoms with Gasteiger partial charge in [-0.2, -0.15) is 0 Å². The lowest BCUT2D eigenvalue weighted by Crippen LogP contribution is -2.27. The molecule has 2 aromatic carbocycles. The molecule has 2 heterocycles. The van der Waals surface area contributed by atoms with E-state index >= 15 is 0 Å². The van der Waals surface area contributed by atoms with Crippen molar-refractivity contribution in [3.63, 3.8) is 0 Å². The standard InChI is InChI=1S/C21H17Cl2NO6S/c1-3-28-17-5-11(4-14(23)19(17)27-2)6-18-20(25)24(21(26)31-18)9-12-7-15-16(8-13(12)22)30-10-29-15/h4-8H,3,9-10H2,1-2H3/b18-6-. The Balaban J connectivity index is 1.59. The van der Waals surface area contributed by atoms with E-state index in [-0.39, 0.29) is 18.2 Å². The summed E-state index contributed by atoms with van der Waals surface area (Å²) in [5, 5.41) is 0.330. The maximum absolute atomic E-state index is 12.9. The highest BCUT2D eigenvalue weighted by molar-refractivity contribution is 8.18. The molecule has 0 saturated carbocycles. The Bertz CT molecular complexity index is 1100. The molecule has 0 N–H and O–H groups in total. The summed E-state index contributed by atoms with van der Waals surface area (Å²) in [6, 6.07) is 6.64. The Morgan fingerprint density at radius 3 is 2.58 bits per heavy atom. The summed E-state index contributed by atoms with van der Waals surface area (Å²) in [5.74, 6) is 1.50. The van der Waals surface area contributed by atoms with Crippen LogP contribution in [0, 0.1) is 0 Å². The van der Waals surface area contributed by atoms with Gasteiger partial charge in [0.2, 0.25) is 6.79 Å². The van der Waals surface area contributed by atoms with Crippen molar-refractivity contribution in [3.05, 3.63) is 50.3 Å². The second kappa shape index (κ2) is 8.90. The van der Waals surface area contributed by atoms with E-state index in [1.165, 1.54) is 7.11 Å². The van der Waals surface area contributed by atoms with Gasteiger partial charge in [0, 0.05) is 11.1 Å². The van der Waals surface area contributed by atoms with Gasteiger partial charge in [-0.3, -0.25) is 14.5 Å². The van der Waals surface area contributed by atoms with E-state index in [4.69, 9.17) is 42.1 Å². The number of hydrogen-bond acceptors (Lipinski definition) is 7. The number of fused-ring (bicyclic) bond motifs is 1. The summed E-state index contributed by atoms with van der Waals surface area (Å²) in [6.07, 6.45) is 1.60. The molecule has 0 aromatic heterocycles. The number of halogens is 2. The number of nitrogens with zero attached hydrogens (tertiary/aromatic N) is 1. The third kappa shape index (κ3) is 4.28. The lowest BCUT2D eigenvalue weighted by Gasteiger charge is -2.14. The highest BCUT2D eigenvalue weighted by Gasteiger charge is 2.36. The van der Waals surface area contributed by atoms with Gasteiger partial charge >= 0.3 is 0 Å². The monoisotopic (exact) mass is 481 g/mol. The quantitative estimate of drug-likeness (QED) is 0.513. The molecule has 0 unspecified atom stereocenters. The Hall–Kier alpha value is -2.55. The van der Waals surface area contributed by atoms with Gasteiger partial charge in [-0.1, -0.05) is 23.2 Å². The molecule has 2 aromatic rings. The molecule has 0 aliphatic carbocycles. The van der Waals surface area contributed by atoms with Crippen molar-refractivity contribution in [2.45, 2.75) is 13.5 Å². The Morgan fingerprint density at radius 2 is 1.87 bits per heavy atom. The average molecular weight is 482 g/mol. The van der Waals surface area contributed by atoms with Crippen LogP contribution in [-0.4, -0.2) is 36.6 Å². The first kappa shape index (κ1) is 21.7. The van der Waals surface area contributed by atoms with Crippen LogP contribution in [0.25, 0.3) is 6.08 Å². The van der Waals surface area contributed by atoms with E-state index in [9.17, 15) is 9.59 Å². The van der Waals surface area contributed by atoms with Crippen LogP contribution >= 0.6 is 35.0 Å². The predicted octanol–water partition coefficient (Wildman–Crippen LogP) is 5.37. The van der Waals surface area contributed by atoms with Crippen LogP contribution in [0.5, 0.6) is 23.0 Å². The van der Waals surface area contributed by atoms with Crippen LogP contribution in [0.3, 0.4) is 0 Å². The maximum atomic E-state index is 12.9. The molecule has 2 aliphatic heterocycles. The van der Waals surface area contributed by atoms with Gasteiger partial charge in [-0.05, 0) is 54.1 Å². The van der Waals surface area contributed by atoms with Gasteiger partial charge in [-0.25, -0.2) is 0 Å². The van der Waals surface area contributed by atoms with Crippen molar-refractivity contribution >= 4 is 52.2 Å². The molecule has 10 heteroatoms. The molecule has 1 saturated heterocycles. The molecule has 7 nitrogen and oxygen atoms in total. The van der Waals surface area contributed by atoms with Crippen LogP contribution in [0.15, 0.2) is 29.2 Å². The molecular weight excluding hydrogens is 465 g/mol. The zero-order valence-corrected chi connectivity index (χ0v) is 18.9. The first-order chi connectivity index (χ1) is 14.9. The molecular formula is C21H17Cl2NO6S. The van der Waals surface area contributed by atoms with E-state index in [0.717, 1.165) is 16.7 Å². The minimum absolute atomic E-state index is 0.0189. The van der Waals surface area contributed by atoms with Crippen LogP contribution in [0.2, 0.25) is 10.0 Å². The van der Waals surface area contributed by atoms with E-state index in [1.54, 1.807) is 30.3 Å².